The summed E-state index contributed by atoms with van der Waals surface area (Å²) in [7, 11) is 4.73. The Morgan fingerprint density at radius 3 is 2.24 bits per heavy atom. The van der Waals surface area contributed by atoms with Gasteiger partial charge in [-0.25, -0.2) is 0 Å². The number of nitrogens with one attached hydrogen (secondary N) is 1. The number of hydrogen-bond acceptors (Lipinski definition) is 5. The highest BCUT2D eigenvalue weighted by molar-refractivity contribution is 6.35. The minimum Gasteiger partial charge on any atom is -0.493 e. The molecular formula is C22H26N2O5. The Kier molecular flexibility index (Phi) is 6.59. The van der Waals surface area contributed by atoms with E-state index in [1.807, 2.05) is 42.5 Å². The first-order chi connectivity index (χ1) is 14.1. The van der Waals surface area contributed by atoms with Gasteiger partial charge >= 0.3 is 11.8 Å². The zero-order valence-electron chi connectivity index (χ0n) is 16.9. The third-order valence-electron chi connectivity index (χ3n) is 5.06. The van der Waals surface area contributed by atoms with Crippen molar-refractivity contribution in [2.45, 2.75) is 18.9 Å². The van der Waals surface area contributed by atoms with E-state index in [1.165, 1.54) is 0 Å². The highest BCUT2D eigenvalue weighted by Gasteiger charge is 2.34. The molecule has 2 aromatic rings. The lowest BCUT2D eigenvalue weighted by molar-refractivity contribution is -0.150. The van der Waals surface area contributed by atoms with Gasteiger partial charge in [-0.1, -0.05) is 30.3 Å². The summed E-state index contributed by atoms with van der Waals surface area (Å²) in [5, 5.41) is 2.68. The Bertz CT molecular complexity index is 844. The van der Waals surface area contributed by atoms with Crippen LogP contribution in [0.2, 0.25) is 0 Å². The third kappa shape index (κ3) is 4.45. The lowest BCUT2D eigenvalue weighted by Gasteiger charge is -2.35. The van der Waals surface area contributed by atoms with Gasteiger partial charge in [0.1, 0.15) is 0 Å². The molecule has 0 aliphatic carbocycles. The second-order valence-corrected chi connectivity index (χ2v) is 6.77. The molecule has 7 nitrogen and oxygen atoms in total. The van der Waals surface area contributed by atoms with Crippen LogP contribution in [0.3, 0.4) is 0 Å². The van der Waals surface area contributed by atoms with Gasteiger partial charge in [-0.3, -0.25) is 9.59 Å². The molecule has 3 rings (SSSR count). The van der Waals surface area contributed by atoms with Crippen LogP contribution in [-0.4, -0.2) is 51.1 Å². The number of carbonyl (C=O) groups is 2. The summed E-state index contributed by atoms with van der Waals surface area (Å²) in [6.45, 7) is 0.890. The summed E-state index contributed by atoms with van der Waals surface area (Å²) >= 11 is 0. The second kappa shape index (κ2) is 9.32. The van der Waals surface area contributed by atoms with E-state index in [2.05, 4.69) is 5.32 Å². The van der Waals surface area contributed by atoms with Gasteiger partial charge in [0, 0.05) is 13.1 Å². The zero-order valence-corrected chi connectivity index (χ0v) is 16.9. The van der Waals surface area contributed by atoms with E-state index in [0.29, 0.717) is 43.2 Å². The maximum absolute atomic E-state index is 12.5. The summed E-state index contributed by atoms with van der Waals surface area (Å²) in [5.74, 6) is 0.695. The van der Waals surface area contributed by atoms with Crippen molar-refractivity contribution in [1.82, 2.24) is 10.2 Å². The third-order valence-corrected chi connectivity index (χ3v) is 5.06. The first kappa shape index (κ1) is 20.5. The van der Waals surface area contributed by atoms with Crippen molar-refractivity contribution >= 4 is 11.8 Å². The van der Waals surface area contributed by atoms with Gasteiger partial charge in [-0.2, -0.15) is 0 Å². The molecule has 0 bridgehead atoms. The quantitative estimate of drug-likeness (QED) is 0.691. The predicted octanol–water partition coefficient (Wildman–Crippen LogP) is 2.34. The molecule has 154 valence electrons. The molecule has 1 fully saturated rings. The van der Waals surface area contributed by atoms with Crippen LogP contribution in [-0.2, 0) is 16.0 Å². The van der Waals surface area contributed by atoms with Crippen LogP contribution in [0.4, 0.5) is 0 Å². The standard InChI is InChI=1S/C22H26N2O5/c1-27-18-12-15(13-19(28-2)20(18)29-3)8-7-11-24-17(14-23-21(25)22(24)26)16-9-5-4-6-10-16/h4-6,9-10,12-13,17H,7-8,11,14H2,1-3H3,(H,23,25)/t17-/m1/s1. The molecule has 1 heterocycles. The van der Waals surface area contributed by atoms with Crippen molar-refractivity contribution in [3.63, 3.8) is 0 Å². The monoisotopic (exact) mass is 398 g/mol. The summed E-state index contributed by atoms with van der Waals surface area (Å²) in [6, 6.07) is 13.4. The number of aryl methyl sites for hydroxylation is 1. The molecule has 1 atom stereocenters. The van der Waals surface area contributed by atoms with E-state index in [9.17, 15) is 9.59 Å². The van der Waals surface area contributed by atoms with Crippen LogP contribution in [0, 0.1) is 0 Å². The molecule has 0 unspecified atom stereocenters. The van der Waals surface area contributed by atoms with Gasteiger partial charge in [0.2, 0.25) is 5.75 Å². The van der Waals surface area contributed by atoms with E-state index < -0.39 is 11.8 Å². The minimum absolute atomic E-state index is 0.165. The number of amides is 2. The Balaban J connectivity index is 1.73. The van der Waals surface area contributed by atoms with Crippen molar-refractivity contribution in [2.75, 3.05) is 34.4 Å². The average Bonchev–Trinajstić information content (AvgIpc) is 2.76. The Labute approximate surface area is 170 Å². The predicted molar refractivity (Wildman–Crippen MR) is 108 cm³/mol. The van der Waals surface area contributed by atoms with Crippen molar-refractivity contribution in [1.29, 1.82) is 0 Å². The van der Waals surface area contributed by atoms with Gasteiger partial charge in [0.25, 0.3) is 0 Å². The Hall–Kier alpha value is -3.22. The number of rotatable bonds is 8. The molecule has 0 aromatic heterocycles. The SMILES string of the molecule is COc1cc(CCCN2C(=O)C(=O)NC[C@@H]2c2ccccc2)cc(OC)c1OC. The normalized spacial score (nSPS) is 16.4. The molecule has 0 spiro atoms. The van der Waals surface area contributed by atoms with Crippen LogP contribution in [0.1, 0.15) is 23.6 Å². The number of benzene rings is 2. The minimum atomic E-state index is -0.551. The highest BCUT2D eigenvalue weighted by Crippen LogP contribution is 2.38. The molecule has 0 radical (unpaired) electrons. The van der Waals surface area contributed by atoms with Gasteiger partial charge in [0.05, 0.1) is 27.4 Å². The highest BCUT2D eigenvalue weighted by atomic mass is 16.5. The molecule has 0 saturated carbocycles. The number of hydrogen-bond donors (Lipinski definition) is 1. The van der Waals surface area contributed by atoms with Crippen LogP contribution in [0.5, 0.6) is 17.2 Å². The fraction of sp³-hybridized carbons (Fsp3) is 0.364. The van der Waals surface area contributed by atoms with Crippen molar-refractivity contribution in [3.8, 4) is 17.2 Å². The van der Waals surface area contributed by atoms with Crippen molar-refractivity contribution in [3.05, 3.63) is 53.6 Å². The molecule has 1 aliphatic heterocycles. The zero-order chi connectivity index (χ0) is 20.8. The van der Waals surface area contributed by atoms with E-state index in [0.717, 1.165) is 11.1 Å². The van der Waals surface area contributed by atoms with E-state index in [1.54, 1.807) is 26.2 Å². The summed E-state index contributed by atoms with van der Waals surface area (Å²) in [4.78, 5) is 26.1. The molecule has 1 aliphatic rings. The van der Waals surface area contributed by atoms with Crippen molar-refractivity contribution < 1.29 is 23.8 Å². The lowest BCUT2D eigenvalue weighted by atomic mass is 10.0. The Morgan fingerprint density at radius 2 is 1.66 bits per heavy atom. The first-order valence-electron chi connectivity index (χ1n) is 9.51. The molecule has 1 saturated heterocycles. The van der Waals surface area contributed by atoms with Gasteiger partial charge in [-0.05, 0) is 36.1 Å². The van der Waals surface area contributed by atoms with Crippen LogP contribution in [0.25, 0.3) is 0 Å². The summed E-state index contributed by atoms with van der Waals surface area (Å²) < 4.78 is 16.2. The summed E-state index contributed by atoms with van der Waals surface area (Å²) in [6.07, 6.45) is 1.39. The molecule has 2 aromatic carbocycles. The van der Waals surface area contributed by atoms with Crippen LogP contribution >= 0.6 is 0 Å². The topological polar surface area (TPSA) is 77.1 Å². The maximum Gasteiger partial charge on any atom is 0.312 e. The van der Waals surface area contributed by atoms with E-state index >= 15 is 0 Å². The number of nitrogens with zero attached hydrogens (tertiary/aromatic N) is 1. The lowest BCUT2D eigenvalue weighted by Crippen LogP contribution is -2.54. The molecular weight excluding hydrogens is 372 g/mol. The molecule has 29 heavy (non-hydrogen) atoms. The van der Waals surface area contributed by atoms with Gasteiger partial charge in [-0.15, -0.1) is 0 Å². The number of methoxy groups -OCH3 is 3. The number of carbonyl (C=O) groups excluding carboxylic acids is 2. The first-order valence-corrected chi connectivity index (χ1v) is 9.51. The summed E-state index contributed by atoms with van der Waals surface area (Å²) in [5.41, 5.74) is 2.01. The average molecular weight is 398 g/mol. The smallest absolute Gasteiger partial charge is 0.312 e. The van der Waals surface area contributed by atoms with Crippen LogP contribution < -0.4 is 19.5 Å². The van der Waals surface area contributed by atoms with Crippen LogP contribution in [0.15, 0.2) is 42.5 Å². The Morgan fingerprint density at radius 1 is 1.00 bits per heavy atom. The van der Waals surface area contributed by atoms with E-state index in [4.69, 9.17) is 14.2 Å². The van der Waals surface area contributed by atoms with Gasteiger partial charge in [0.15, 0.2) is 11.5 Å². The fourth-order valence-corrected chi connectivity index (χ4v) is 3.61. The largest absolute Gasteiger partial charge is 0.493 e. The van der Waals surface area contributed by atoms with Gasteiger partial charge < -0.3 is 24.4 Å². The number of ether oxygens (including phenoxy) is 3. The molecule has 7 heteroatoms. The van der Waals surface area contributed by atoms with Crippen molar-refractivity contribution in [2.24, 2.45) is 0 Å². The van der Waals surface area contributed by atoms with E-state index in [-0.39, 0.29) is 6.04 Å². The molecule has 2 amide bonds. The second-order valence-electron chi connectivity index (χ2n) is 6.77. The fourth-order valence-electron chi connectivity index (χ4n) is 3.61. The maximum atomic E-state index is 12.5. The molecule has 1 N–H and O–H groups in total. The number of piperazine rings is 1.